The Kier molecular flexibility index (Phi) is 7.85. The standard InChI is InChI=1S/C26H39N5O/c1-21(2)12-16-31-23-9-10-24(31)19-30(26(32)8-5-15-29-17-14-27-20-29)18-22-6-3-4-7-25(22)28-13-11-23/h3-4,6-7,14,17,20-21,23-24,28H,5,8-13,15-16,18-19H2,1-2H3/t23-,24+/m1/s1. The van der Waals surface area contributed by atoms with E-state index in [1.165, 1.54) is 36.9 Å². The molecule has 4 rings (SSSR count). The van der Waals surface area contributed by atoms with E-state index in [0.29, 0.717) is 31.0 Å². The van der Waals surface area contributed by atoms with Gasteiger partial charge in [-0.15, -0.1) is 0 Å². The predicted molar refractivity (Wildman–Crippen MR) is 129 cm³/mol. The second kappa shape index (κ2) is 11.0. The third kappa shape index (κ3) is 5.91. The third-order valence-electron chi connectivity index (χ3n) is 7.06. The Morgan fingerprint density at radius 2 is 2.00 bits per heavy atom. The van der Waals surface area contributed by atoms with Crippen LogP contribution in [0.25, 0.3) is 0 Å². The van der Waals surface area contributed by atoms with Gasteiger partial charge in [-0.3, -0.25) is 9.69 Å². The molecule has 2 atom stereocenters. The lowest BCUT2D eigenvalue weighted by atomic mass is 10.1. The molecule has 2 aliphatic heterocycles. The first-order chi connectivity index (χ1) is 15.6. The maximum absolute atomic E-state index is 13.4. The molecule has 2 bridgehead atoms. The number of carbonyl (C=O) groups excluding carboxylic acids is 1. The fraction of sp³-hybridized carbons (Fsp3) is 0.615. The summed E-state index contributed by atoms with van der Waals surface area (Å²) in [5.41, 5.74) is 2.40. The first kappa shape index (κ1) is 22.8. The van der Waals surface area contributed by atoms with Gasteiger partial charge in [-0.1, -0.05) is 32.0 Å². The van der Waals surface area contributed by atoms with Crippen molar-refractivity contribution < 1.29 is 4.79 Å². The Morgan fingerprint density at radius 3 is 2.81 bits per heavy atom. The van der Waals surface area contributed by atoms with Crippen molar-refractivity contribution in [2.75, 3.05) is 25.0 Å². The summed E-state index contributed by atoms with van der Waals surface area (Å²) in [6.07, 6.45) is 11.8. The van der Waals surface area contributed by atoms with Gasteiger partial charge >= 0.3 is 0 Å². The van der Waals surface area contributed by atoms with Gasteiger partial charge in [-0.25, -0.2) is 4.98 Å². The third-order valence-corrected chi connectivity index (χ3v) is 7.06. The van der Waals surface area contributed by atoms with Gasteiger partial charge in [-0.2, -0.15) is 0 Å². The molecular formula is C26H39N5O. The number of hydrogen-bond acceptors (Lipinski definition) is 4. The zero-order chi connectivity index (χ0) is 22.3. The molecule has 1 saturated heterocycles. The number of hydrogen-bond donors (Lipinski definition) is 1. The number of benzene rings is 1. The zero-order valence-corrected chi connectivity index (χ0v) is 19.7. The molecule has 0 aliphatic carbocycles. The monoisotopic (exact) mass is 437 g/mol. The second-order valence-corrected chi connectivity index (χ2v) is 9.86. The summed E-state index contributed by atoms with van der Waals surface area (Å²) in [5.74, 6) is 0.974. The summed E-state index contributed by atoms with van der Waals surface area (Å²) < 4.78 is 2.05. The van der Waals surface area contributed by atoms with Crippen molar-refractivity contribution in [2.45, 2.75) is 77.5 Å². The van der Waals surface area contributed by atoms with Crippen molar-refractivity contribution in [3.8, 4) is 0 Å². The Hall–Kier alpha value is -2.34. The van der Waals surface area contributed by atoms with E-state index in [0.717, 1.165) is 32.6 Å². The summed E-state index contributed by atoms with van der Waals surface area (Å²) in [6.45, 7) is 9.11. The van der Waals surface area contributed by atoms with E-state index < -0.39 is 0 Å². The molecule has 1 aromatic carbocycles. The maximum Gasteiger partial charge on any atom is 0.222 e. The van der Waals surface area contributed by atoms with Crippen molar-refractivity contribution in [2.24, 2.45) is 5.92 Å². The molecule has 1 N–H and O–H groups in total. The van der Waals surface area contributed by atoms with E-state index in [4.69, 9.17) is 0 Å². The summed E-state index contributed by atoms with van der Waals surface area (Å²) in [4.78, 5) is 22.4. The normalized spacial score (nSPS) is 21.8. The number of aromatic nitrogens is 2. The number of amides is 1. The molecule has 1 aromatic heterocycles. The molecule has 1 fully saturated rings. The fourth-order valence-corrected chi connectivity index (χ4v) is 5.20. The number of nitrogens with one attached hydrogen (secondary N) is 1. The summed E-state index contributed by atoms with van der Waals surface area (Å²) in [6, 6.07) is 9.59. The second-order valence-electron chi connectivity index (χ2n) is 9.86. The van der Waals surface area contributed by atoms with Crippen molar-refractivity contribution in [3.63, 3.8) is 0 Å². The zero-order valence-electron chi connectivity index (χ0n) is 19.7. The van der Waals surface area contributed by atoms with Gasteiger partial charge in [0.1, 0.15) is 0 Å². The highest BCUT2D eigenvalue weighted by molar-refractivity contribution is 5.76. The first-order valence-electron chi connectivity index (χ1n) is 12.4. The molecule has 0 radical (unpaired) electrons. The van der Waals surface area contributed by atoms with Gasteiger partial charge in [0.15, 0.2) is 0 Å². The van der Waals surface area contributed by atoms with E-state index >= 15 is 0 Å². The van der Waals surface area contributed by atoms with Gasteiger partial charge in [0, 0.05) is 62.8 Å². The SMILES string of the molecule is CC(C)CCN1[C@H]2CCNc3ccccc3CN(C(=O)CCCn3ccnc3)C[C@@H]1CC2. The largest absolute Gasteiger partial charge is 0.385 e. The Morgan fingerprint density at radius 1 is 1.16 bits per heavy atom. The van der Waals surface area contributed by atoms with Crippen LogP contribution in [0.5, 0.6) is 0 Å². The minimum Gasteiger partial charge on any atom is -0.385 e. The number of fused-ring (bicyclic) bond motifs is 3. The van der Waals surface area contributed by atoms with E-state index in [-0.39, 0.29) is 5.91 Å². The van der Waals surface area contributed by atoms with Gasteiger partial charge in [0.05, 0.1) is 6.33 Å². The Labute approximate surface area is 193 Å². The number of para-hydroxylation sites is 1. The van der Waals surface area contributed by atoms with E-state index in [1.807, 2.05) is 12.5 Å². The molecule has 32 heavy (non-hydrogen) atoms. The van der Waals surface area contributed by atoms with Gasteiger partial charge < -0.3 is 14.8 Å². The van der Waals surface area contributed by atoms with Crippen molar-refractivity contribution in [1.29, 1.82) is 0 Å². The number of carbonyl (C=O) groups is 1. The molecule has 0 spiro atoms. The highest BCUT2D eigenvalue weighted by Crippen LogP contribution is 2.30. The van der Waals surface area contributed by atoms with Crippen molar-refractivity contribution >= 4 is 11.6 Å². The quantitative estimate of drug-likeness (QED) is 0.698. The summed E-state index contributed by atoms with van der Waals surface area (Å²) in [5, 5.41) is 3.68. The van der Waals surface area contributed by atoms with Crippen LogP contribution in [-0.2, 0) is 17.9 Å². The number of rotatable bonds is 7. The predicted octanol–water partition coefficient (Wildman–Crippen LogP) is 4.39. The average Bonchev–Trinajstić information content (AvgIpc) is 3.41. The van der Waals surface area contributed by atoms with Gasteiger partial charge in [-0.05, 0) is 56.2 Å². The molecular weight excluding hydrogens is 398 g/mol. The molecule has 0 unspecified atom stereocenters. The van der Waals surface area contributed by atoms with Crippen LogP contribution in [0.2, 0.25) is 0 Å². The Balaban J connectivity index is 1.50. The van der Waals surface area contributed by atoms with Crippen molar-refractivity contribution in [3.05, 3.63) is 48.5 Å². The van der Waals surface area contributed by atoms with Crippen LogP contribution < -0.4 is 5.32 Å². The van der Waals surface area contributed by atoms with Crippen LogP contribution in [0, 0.1) is 5.92 Å². The molecule has 174 valence electrons. The maximum atomic E-state index is 13.4. The van der Waals surface area contributed by atoms with Crippen LogP contribution >= 0.6 is 0 Å². The topological polar surface area (TPSA) is 53.4 Å². The lowest BCUT2D eigenvalue weighted by molar-refractivity contribution is -0.132. The van der Waals surface area contributed by atoms with Crippen LogP contribution in [0.15, 0.2) is 43.0 Å². The highest BCUT2D eigenvalue weighted by atomic mass is 16.2. The van der Waals surface area contributed by atoms with E-state index in [9.17, 15) is 4.79 Å². The molecule has 6 heteroatoms. The summed E-state index contributed by atoms with van der Waals surface area (Å²) >= 11 is 0. The van der Waals surface area contributed by atoms with Crippen molar-refractivity contribution in [1.82, 2.24) is 19.4 Å². The van der Waals surface area contributed by atoms with Crippen LogP contribution in [0.1, 0.15) is 57.9 Å². The molecule has 2 aliphatic rings. The summed E-state index contributed by atoms with van der Waals surface area (Å²) in [7, 11) is 0. The lowest BCUT2D eigenvalue weighted by Gasteiger charge is -2.34. The smallest absolute Gasteiger partial charge is 0.222 e. The minimum atomic E-state index is 0.270. The molecule has 6 nitrogen and oxygen atoms in total. The van der Waals surface area contributed by atoms with Crippen LogP contribution in [0.3, 0.4) is 0 Å². The van der Waals surface area contributed by atoms with E-state index in [1.54, 1.807) is 6.20 Å². The number of imidazole rings is 1. The Bertz CT molecular complexity index is 850. The van der Waals surface area contributed by atoms with Gasteiger partial charge in [0.25, 0.3) is 0 Å². The molecule has 0 saturated carbocycles. The number of anilines is 1. The molecule has 3 heterocycles. The van der Waals surface area contributed by atoms with Crippen LogP contribution in [-0.4, -0.2) is 57.0 Å². The average molecular weight is 438 g/mol. The molecule has 2 aromatic rings. The van der Waals surface area contributed by atoms with E-state index in [2.05, 4.69) is 62.8 Å². The molecule has 1 amide bonds. The number of nitrogens with zero attached hydrogens (tertiary/aromatic N) is 4. The van der Waals surface area contributed by atoms with Gasteiger partial charge in [0.2, 0.25) is 5.91 Å². The minimum absolute atomic E-state index is 0.270. The van der Waals surface area contributed by atoms with Crippen LogP contribution in [0.4, 0.5) is 5.69 Å². The fourth-order valence-electron chi connectivity index (χ4n) is 5.20. The highest BCUT2D eigenvalue weighted by Gasteiger charge is 2.35. The first-order valence-corrected chi connectivity index (χ1v) is 12.4. The lowest BCUT2D eigenvalue weighted by Crippen LogP contribution is -2.45. The number of aryl methyl sites for hydroxylation is 1.